The number of nitrogens with one attached hydrogen (secondary N) is 2. The average molecular weight is 677 g/mol. The molecule has 0 bridgehead atoms. The lowest BCUT2D eigenvalue weighted by atomic mass is 9.94. The van der Waals surface area contributed by atoms with E-state index in [0.29, 0.717) is 30.3 Å². The first-order valence-electron chi connectivity index (χ1n) is 10.6. The van der Waals surface area contributed by atoms with E-state index in [4.69, 9.17) is 0 Å². The average Bonchev–Trinajstić information content (AvgIpc) is 2.81. The van der Waals surface area contributed by atoms with E-state index < -0.39 is 93.6 Å². The van der Waals surface area contributed by atoms with Gasteiger partial charge in [0.15, 0.2) is 0 Å². The third-order valence-electron chi connectivity index (χ3n) is 5.06. The molecule has 4 nitrogen and oxygen atoms in total. The van der Waals surface area contributed by atoms with Crippen LogP contribution in [0.4, 0.5) is 57.1 Å². The summed E-state index contributed by atoms with van der Waals surface area (Å²) in [6.07, 6.45) is -20.6. The van der Waals surface area contributed by atoms with E-state index in [1.165, 1.54) is 5.32 Å². The number of carbonyl (C=O) groups excluding carboxylic acids is 2. The molecule has 0 saturated heterocycles. The molecule has 0 heterocycles. The van der Waals surface area contributed by atoms with Gasteiger partial charge in [-0.15, -0.1) is 0 Å². The summed E-state index contributed by atoms with van der Waals surface area (Å²) in [5.41, 5.74) is -6.43. The number of alkyl halides is 12. The second kappa shape index (κ2) is 12.3. The van der Waals surface area contributed by atoms with E-state index in [0.717, 1.165) is 0 Å². The Kier molecular flexibility index (Phi) is 10.2. The fraction of sp³-hybridized carbons (Fsp3) is 0.304. The molecule has 2 amide bonds. The highest BCUT2D eigenvalue weighted by molar-refractivity contribution is 9.10. The summed E-state index contributed by atoms with van der Waals surface area (Å²) >= 11 is 2.48. The fourth-order valence-corrected chi connectivity index (χ4v) is 3.84. The summed E-state index contributed by atoms with van der Waals surface area (Å²) in [4.78, 5) is 23.6. The van der Waals surface area contributed by atoms with Gasteiger partial charge in [0.05, 0.1) is 23.2 Å². The molecule has 226 valence electrons. The van der Waals surface area contributed by atoms with Gasteiger partial charge in [-0.05, 0) is 35.9 Å². The maximum Gasteiger partial charge on any atom is 0.417 e. The van der Waals surface area contributed by atoms with Crippen molar-refractivity contribution in [1.29, 1.82) is 0 Å². The number of benzene rings is 2. The minimum absolute atomic E-state index is 0.0272. The van der Waals surface area contributed by atoms with Gasteiger partial charge in [-0.2, -0.15) is 52.7 Å². The Morgan fingerprint density at radius 3 is 1.88 bits per heavy atom. The Labute approximate surface area is 229 Å². The Morgan fingerprint density at radius 1 is 0.805 bits per heavy atom. The van der Waals surface area contributed by atoms with Crippen molar-refractivity contribution in [3.63, 3.8) is 0 Å². The Hall–Kier alpha value is -3.31. The van der Waals surface area contributed by atoms with Gasteiger partial charge in [0, 0.05) is 10.0 Å². The molecule has 0 spiro atoms. The normalized spacial score (nSPS) is 14.0. The Bertz CT molecular complexity index is 1310. The predicted molar refractivity (Wildman–Crippen MR) is 120 cm³/mol. The van der Waals surface area contributed by atoms with Gasteiger partial charge in [-0.3, -0.25) is 9.59 Å². The van der Waals surface area contributed by atoms with Crippen molar-refractivity contribution in [2.45, 2.75) is 30.6 Å². The molecule has 41 heavy (non-hydrogen) atoms. The van der Waals surface area contributed by atoms with Crippen molar-refractivity contribution in [3.05, 3.63) is 74.8 Å². The summed E-state index contributed by atoms with van der Waals surface area (Å²) in [5, 5.41) is 2.98. The van der Waals surface area contributed by atoms with Crippen LogP contribution in [0.5, 0.6) is 0 Å². The van der Waals surface area contributed by atoms with Crippen LogP contribution in [-0.4, -0.2) is 37.3 Å². The van der Waals surface area contributed by atoms with Crippen LogP contribution in [0.1, 0.15) is 38.5 Å². The SMILES string of the molecule is O=C(CNC(=O)c1ccc(C(F)=CC(c2ccc(C(F)(F)F)c(Br)c2)C(F)(F)F)cc1C(F)(F)F)NCC(F)(F)F. The third kappa shape index (κ3) is 9.64. The number of halogens is 14. The van der Waals surface area contributed by atoms with E-state index in [-0.39, 0.29) is 12.1 Å². The molecule has 2 aromatic carbocycles. The number of rotatable bonds is 7. The lowest BCUT2D eigenvalue weighted by Gasteiger charge is -2.20. The summed E-state index contributed by atoms with van der Waals surface area (Å²) in [6, 6.07) is 1.93. The van der Waals surface area contributed by atoms with Crippen LogP contribution in [0.2, 0.25) is 0 Å². The summed E-state index contributed by atoms with van der Waals surface area (Å²) in [5.74, 6) is -7.83. The second-order valence-corrected chi connectivity index (χ2v) is 8.96. The molecule has 0 aliphatic carbocycles. The van der Waals surface area contributed by atoms with Crippen LogP contribution in [0.3, 0.4) is 0 Å². The van der Waals surface area contributed by atoms with Crippen LogP contribution >= 0.6 is 15.9 Å². The van der Waals surface area contributed by atoms with Gasteiger partial charge in [-0.1, -0.05) is 28.1 Å². The molecule has 0 aromatic heterocycles. The minimum atomic E-state index is -5.40. The molecule has 18 heteroatoms. The van der Waals surface area contributed by atoms with Crippen molar-refractivity contribution in [3.8, 4) is 0 Å². The molecule has 0 saturated carbocycles. The minimum Gasteiger partial charge on any atom is -0.345 e. The van der Waals surface area contributed by atoms with Crippen LogP contribution < -0.4 is 10.6 Å². The highest BCUT2D eigenvalue weighted by Gasteiger charge is 2.42. The van der Waals surface area contributed by atoms with Crippen LogP contribution in [0, 0.1) is 0 Å². The lowest BCUT2D eigenvalue weighted by Crippen LogP contribution is -2.41. The van der Waals surface area contributed by atoms with Crippen molar-refractivity contribution in [2.75, 3.05) is 13.1 Å². The molecule has 2 aromatic rings. The summed E-state index contributed by atoms with van der Waals surface area (Å²) in [6.45, 7) is -2.98. The fourth-order valence-electron chi connectivity index (χ4n) is 3.22. The quantitative estimate of drug-likeness (QED) is 0.298. The maximum atomic E-state index is 14.9. The number of hydrogen-bond donors (Lipinski definition) is 2. The van der Waals surface area contributed by atoms with Crippen molar-refractivity contribution >= 4 is 33.6 Å². The molecular formula is C23H14BrF13N2O2. The highest BCUT2D eigenvalue weighted by atomic mass is 79.9. The monoisotopic (exact) mass is 676 g/mol. The van der Waals surface area contributed by atoms with Gasteiger partial charge >= 0.3 is 24.7 Å². The van der Waals surface area contributed by atoms with E-state index in [1.807, 2.05) is 0 Å². The zero-order valence-electron chi connectivity index (χ0n) is 19.6. The molecule has 2 N–H and O–H groups in total. The number of carbonyl (C=O) groups is 2. The van der Waals surface area contributed by atoms with E-state index >= 15 is 0 Å². The maximum absolute atomic E-state index is 14.9. The molecule has 0 radical (unpaired) electrons. The van der Waals surface area contributed by atoms with Gasteiger partial charge in [-0.25, -0.2) is 4.39 Å². The van der Waals surface area contributed by atoms with Crippen molar-refractivity contribution < 1.29 is 66.7 Å². The second-order valence-electron chi connectivity index (χ2n) is 8.10. The van der Waals surface area contributed by atoms with Crippen LogP contribution in [-0.2, 0) is 17.1 Å². The van der Waals surface area contributed by atoms with Gasteiger partial charge in [0.2, 0.25) is 5.91 Å². The number of hydrogen-bond acceptors (Lipinski definition) is 2. The Balaban J connectivity index is 2.42. The lowest BCUT2D eigenvalue weighted by molar-refractivity contribution is -0.140. The zero-order chi connectivity index (χ0) is 31.6. The first-order valence-corrected chi connectivity index (χ1v) is 11.4. The summed E-state index contributed by atoms with van der Waals surface area (Å²) in [7, 11) is 0. The van der Waals surface area contributed by atoms with Gasteiger partial charge in [0.1, 0.15) is 18.3 Å². The Morgan fingerprint density at radius 2 is 1.39 bits per heavy atom. The van der Waals surface area contributed by atoms with Crippen LogP contribution in [0.15, 0.2) is 46.9 Å². The molecule has 0 aliphatic rings. The predicted octanol–water partition coefficient (Wildman–Crippen LogP) is 7.55. The largest absolute Gasteiger partial charge is 0.417 e. The highest BCUT2D eigenvalue weighted by Crippen LogP contribution is 2.42. The molecule has 1 atom stereocenters. The molecule has 2 rings (SSSR count). The van der Waals surface area contributed by atoms with E-state index in [2.05, 4.69) is 15.9 Å². The molecule has 0 aliphatic heterocycles. The van der Waals surface area contributed by atoms with Gasteiger partial charge in [0.25, 0.3) is 5.91 Å². The van der Waals surface area contributed by atoms with Crippen LogP contribution in [0.25, 0.3) is 5.83 Å². The van der Waals surface area contributed by atoms with Crippen molar-refractivity contribution in [1.82, 2.24) is 10.6 Å². The topological polar surface area (TPSA) is 58.2 Å². The van der Waals surface area contributed by atoms with E-state index in [1.54, 1.807) is 5.32 Å². The standard InChI is InChI=1S/C23H14BrF13N2O2/c24-16-6-10(2-4-13(16)21(29,30)31)14(22(32,33)34)7-17(25)11-1-3-12(15(5-11)23(35,36)37)19(41)38-8-18(40)39-9-20(26,27)28/h1-7,14H,8-9H2,(H,38,41)(H,39,40). The number of allylic oxidation sites excluding steroid dienone is 1. The smallest absolute Gasteiger partial charge is 0.345 e. The van der Waals surface area contributed by atoms with E-state index in [9.17, 15) is 66.7 Å². The number of amides is 2. The zero-order valence-corrected chi connectivity index (χ0v) is 21.2. The third-order valence-corrected chi connectivity index (χ3v) is 5.72. The molecule has 0 fully saturated rings. The molecule has 1 unspecified atom stereocenters. The first kappa shape index (κ1) is 33.9. The van der Waals surface area contributed by atoms with Gasteiger partial charge < -0.3 is 10.6 Å². The van der Waals surface area contributed by atoms with Crippen molar-refractivity contribution in [2.24, 2.45) is 0 Å². The first-order chi connectivity index (χ1) is 18.5. The molecular weight excluding hydrogens is 663 g/mol. The summed E-state index contributed by atoms with van der Waals surface area (Å²) < 4.78 is 171.